The summed E-state index contributed by atoms with van der Waals surface area (Å²) < 4.78 is 0. The molecule has 0 N–H and O–H groups in total. The maximum absolute atomic E-state index is 2.27. The van der Waals surface area contributed by atoms with E-state index in [1.54, 1.807) is 0 Å². The SMILES string of the molecule is CCCCC(C)N1C=CC=CC=C1. The molecule has 1 unspecified atom stereocenters. The summed E-state index contributed by atoms with van der Waals surface area (Å²) in [4.78, 5) is 2.27. The molecule has 0 amide bonds. The highest BCUT2D eigenvalue weighted by molar-refractivity contribution is 5.16. The van der Waals surface area contributed by atoms with Crippen LogP contribution in [-0.4, -0.2) is 10.9 Å². The molecule has 0 radical (unpaired) electrons. The Labute approximate surface area is 81.4 Å². The maximum atomic E-state index is 2.27. The molecular weight excluding hydrogens is 158 g/mol. The van der Waals surface area contributed by atoms with Gasteiger partial charge in [-0.3, -0.25) is 0 Å². The summed E-state index contributed by atoms with van der Waals surface area (Å²) in [6, 6.07) is 0.618. The lowest BCUT2D eigenvalue weighted by Crippen LogP contribution is -2.22. The van der Waals surface area contributed by atoms with Gasteiger partial charge in [-0.15, -0.1) is 0 Å². The van der Waals surface area contributed by atoms with Crippen LogP contribution in [0.2, 0.25) is 0 Å². The molecule has 1 rings (SSSR count). The monoisotopic (exact) mass is 177 g/mol. The number of nitrogens with zero attached hydrogens (tertiary/aromatic N) is 1. The summed E-state index contributed by atoms with van der Waals surface area (Å²) in [5.74, 6) is 0. The number of rotatable bonds is 4. The van der Waals surface area contributed by atoms with Gasteiger partial charge in [0.05, 0.1) is 0 Å². The van der Waals surface area contributed by atoms with E-state index in [1.165, 1.54) is 19.3 Å². The Kier molecular flexibility index (Phi) is 4.37. The fourth-order valence-corrected chi connectivity index (χ4v) is 1.42. The molecule has 1 aliphatic rings. The van der Waals surface area contributed by atoms with E-state index >= 15 is 0 Å². The number of allylic oxidation sites excluding steroid dienone is 4. The van der Waals surface area contributed by atoms with Crippen LogP contribution in [0.3, 0.4) is 0 Å². The highest BCUT2D eigenvalue weighted by atomic mass is 15.1. The molecule has 0 saturated heterocycles. The summed E-state index contributed by atoms with van der Waals surface area (Å²) in [5, 5.41) is 0. The molecule has 72 valence electrons. The van der Waals surface area contributed by atoms with Crippen LogP contribution in [0.5, 0.6) is 0 Å². The van der Waals surface area contributed by atoms with E-state index in [1.807, 2.05) is 0 Å². The second-order valence-corrected chi connectivity index (χ2v) is 3.51. The van der Waals surface area contributed by atoms with E-state index in [9.17, 15) is 0 Å². The molecule has 0 aromatic heterocycles. The standard InChI is InChI=1S/C12H19N/c1-3-4-9-12(2)13-10-7-5-6-8-11-13/h5-8,10-12H,3-4,9H2,1-2H3. The van der Waals surface area contributed by atoms with Crippen LogP contribution in [0.4, 0.5) is 0 Å². The predicted octanol–water partition coefficient (Wildman–Crippen LogP) is 3.46. The highest BCUT2D eigenvalue weighted by Crippen LogP contribution is 2.10. The molecular formula is C12H19N. The van der Waals surface area contributed by atoms with Crippen molar-refractivity contribution in [3.8, 4) is 0 Å². The minimum atomic E-state index is 0.618. The third-order valence-corrected chi connectivity index (χ3v) is 2.33. The molecule has 0 fully saturated rings. The van der Waals surface area contributed by atoms with Crippen molar-refractivity contribution in [2.75, 3.05) is 0 Å². The van der Waals surface area contributed by atoms with Crippen LogP contribution in [-0.2, 0) is 0 Å². The first kappa shape index (κ1) is 10.1. The van der Waals surface area contributed by atoms with Gasteiger partial charge in [0.15, 0.2) is 0 Å². The van der Waals surface area contributed by atoms with Crippen molar-refractivity contribution in [3.63, 3.8) is 0 Å². The third kappa shape index (κ3) is 3.49. The minimum Gasteiger partial charge on any atom is -0.352 e. The van der Waals surface area contributed by atoms with Gasteiger partial charge in [0.1, 0.15) is 0 Å². The summed E-state index contributed by atoms with van der Waals surface area (Å²) in [5.41, 5.74) is 0. The molecule has 13 heavy (non-hydrogen) atoms. The number of unbranched alkanes of at least 4 members (excludes halogenated alkanes) is 1. The van der Waals surface area contributed by atoms with Gasteiger partial charge in [-0.2, -0.15) is 0 Å². The Bertz CT molecular complexity index is 197. The van der Waals surface area contributed by atoms with Crippen molar-refractivity contribution in [1.82, 2.24) is 4.90 Å². The molecule has 0 aliphatic carbocycles. The molecule has 1 nitrogen and oxygen atoms in total. The van der Waals surface area contributed by atoms with Gasteiger partial charge >= 0.3 is 0 Å². The Morgan fingerprint density at radius 1 is 1.08 bits per heavy atom. The minimum absolute atomic E-state index is 0.618. The average molecular weight is 177 g/mol. The topological polar surface area (TPSA) is 3.24 Å². The van der Waals surface area contributed by atoms with Crippen LogP contribution < -0.4 is 0 Å². The Morgan fingerprint density at radius 2 is 1.69 bits per heavy atom. The van der Waals surface area contributed by atoms with Crippen molar-refractivity contribution in [2.24, 2.45) is 0 Å². The van der Waals surface area contributed by atoms with E-state index in [0.29, 0.717) is 6.04 Å². The smallest absolute Gasteiger partial charge is 0.0302 e. The zero-order valence-electron chi connectivity index (χ0n) is 8.61. The van der Waals surface area contributed by atoms with Crippen molar-refractivity contribution < 1.29 is 0 Å². The molecule has 1 atom stereocenters. The van der Waals surface area contributed by atoms with E-state index < -0.39 is 0 Å². The maximum Gasteiger partial charge on any atom is 0.0302 e. The summed E-state index contributed by atoms with van der Waals surface area (Å²) in [6.07, 6.45) is 16.4. The van der Waals surface area contributed by atoms with E-state index in [0.717, 1.165) is 0 Å². The summed E-state index contributed by atoms with van der Waals surface area (Å²) in [7, 11) is 0. The van der Waals surface area contributed by atoms with Crippen molar-refractivity contribution in [3.05, 3.63) is 36.7 Å². The van der Waals surface area contributed by atoms with Gasteiger partial charge in [-0.1, -0.05) is 31.9 Å². The second kappa shape index (κ2) is 5.63. The first-order valence-corrected chi connectivity index (χ1v) is 5.13. The fraction of sp³-hybridized carbons (Fsp3) is 0.500. The number of hydrogen-bond donors (Lipinski definition) is 0. The first-order valence-electron chi connectivity index (χ1n) is 5.13. The molecule has 0 aromatic carbocycles. The van der Waals surface area contributed by atoms with Gasteiger partial charge in [-0.05, 0) is 25.5 Å². The molecule has 0 bridgehead atoms. The molecule has 1 heteroatoms. The largest absolute Gasteiger partial charge is 0.352 e. The highest BCUT2D eigenvalue weighted by Gasteiger charge is 2.05. The van der Waals surface area contributed by atoms with E-state index in [2.05, 4.69) is 55.5 Å². The lowest BCUT2D eigenvalue weighted by molar-refractivity contribution is 0.361. The molecule has 0 saturated carbocycles. The molecule has 0 spiro atoms. The van der Waals surface area contributed by atoms with E-state index in [-0.39, 0.29) is 0 Å². The van der Waals surface area contributed by atoms with Gasteiger partial charge in [0, 0.05) is 18.4 Å². The van der Waals surface area contributed by atoms with Crippen LogP contribution in [0.25, 0.3) is 0 Å². The Hall–Kier alpha value is -0.980. The van der Waals surface area contributed by atoms with Crippen molar-refractivity contribution >= 4 is 0 Å². The third-order valence-electron chi connectivity index (χ3n) is 2.33. The van der Waals surface area contributed by atoms with Crippen molar-refractivity contribution in [2.45, 2.75) is 39.2 Å². The van der Waals surface area contributed by atoms with Gasteiger partial charge in [0.25, 0.3) is 0 Å². The molecule has 0 aromatic rings. The lowest BCUT2D eigenvalue weighted by atomic mass is 10.1. The Balaban J connectivity index is 2.41. The van der Waals surface area contributed by atoms with Crippen LogP contribution in [0.15, 0.2) is 36.7 Å². The summed E-state index contributed by atoms with van der Waals surface area (Å²) in [6.45, 7) is 4.51. The van der Waals surface area contributed by atoms with Crippen LogP contribution in [0.1, 0.15) is 33.1 Å². The zero-order valence-corrected chi connectivity index (χ0v) is 8.61. The average Bonchev–Trinajstić information content (AvgIpc) is 2.42. The fourth-order valence-electron chi connectivity index (χ4n) is 1.42. The number of hydrogen-bond acceptors (Lipinski definition) is 1. The second-order valence-electron chi connectivity index (χ2n) is 3.51. The zero-order chi connectivity index (χ0) is 9.52. The first-order chi connectivity index (χ1) is 6.34. The van der Waals surface area contributed by atoms with Crippen LogP contribution in [0, 0.1) is 0 Å². The predicted molar refractivity (Wildman–Crippen MR) is 58.2 cm³/mol. The van der Waals surface area contributed by atoms with Gasteiger partial charge < -0.3 is 4.90 Å². The lowest BCUT2D eigenvalue weighted by Gasteiger charge is -2.23. The quantitative estimate of drug-likeness (QED) is 0.635. The normalized spacial score (nSPS) is 17.5. The molecule has 1 heterocycles. The summed E-state index contributed by atoms with van der Waals surface area (Å²) >= 11 is 0. The molecule has 1 aliphatic heterocycles. The van der Waals surface area contributed by atoms with Crippen molar-refractivity contribution in [1.29, 1.82) is 0 Å². The van der Waals surface area contributed by atoms with Gasteiger partial charge in [-0.25, -0.2) is 0 Å². The van der Waals surface area contributed by atoms with Gasteiger partial charge in [0.2, 0.25) is 0 Å². The Morgan fingerprint density at radius 3 is 2.23 bits per heavy atom. The van der Waals surface area contributed by atoms with E-state index in [4.69, 9.17) is 0 Å². The van der Waals surface area contributed by atoms with Crippen LogP contribution >= 0.6 is 0 Å².